The van der Waals surface area contributed by atoms with Crippen LogP contribution in [-0.2, 0) is 0 Å². The van der Waals surface area contributed by atoms with Crippen molar-refractivity contribution in [3.8, 4) is 16.9 Å². The van der Waals surface area contributed by atoms with Crippen molar-refractivity contribution in [2.45, 2.75) is 0 Å². The average Bonchev–Trinajstić information content (AvgIpc) is 2.45. The molecule has 0 fully saturated rings. The molecule has 0 aliphatic carbocycles. The van der Waals surface area contributed by atoms with Crippen LogP contribution < -0.4 is 4.74 Å². The summed E-state index contributed by atoms with van der Waals surface area (Å²) in [5, 5.41) is 11.0. The van der Waals surface area contributed by atoms with Gasteiger partial charge in [0.05, 0.1) is 4.92 Å². The number of nitro benzene ring substituents is 1. The largest absolute Gasteiger partial charge is 0.484 e. The van der Waals surface area contributed by atoms with E-state index in [2.05, 4.69) is 0 Å². The molecule has 5 heteroatoms. The Morgan fingerprint density at radius 2 is 1.84 bits per heavy atom. The lowest BCUT2D eigenvalue weighted by atomic mass is 10.1. The summed E-state index contributed by atoms with van der Waals surface area (Å²) < 4.78 is 17.1. The molecule has 19 heavy (non-hydrogen) atoms. The molecule has 0 saturated heterocycles. The summed E-state index contributed by atoms with van der Waals surface area (Å²) >= 11 is 0. The Kier molecular flexibility index (Phi) is 4.07. The second kappa shape index (κ2) is 5.95. The fourth-order valence-corrected chi connectivity index (χ4v) is 1.74. The average molecular weight is 261 g/mol. The number of hydrogen-bond donors (Lipinski definition) is 0. The first-order chi connectivity index (χ1) is 9.22. The second-order valence-corrected chi connectivity index (χ2v) is 3.84. The Morgan fingerprint density at radius 1 is 1.11 bits per heavy atom. The van der Waals surface area contributed by atoms with Crippen molar-refractivity contribution in [2.75, 3.05) is 13.3 Å². The van der Waals surface area contributed by atoms with Crippen LogP contribution in [0.15, 0.2) is 48.5 Å². The highest BCUT2D eigenvalue weighted by molar-refractivity contribution is 5.68. The van der Waals surface area contributed by atoms with E-state index in [-0.39, 0.29) is 18.0 Å². The Labute approximate surface area is 109 Å². The lowest BCUT2D eigenvalue weighted by Gasteiger charge is -2.07. The first-order valence-electron chi connectivity index (χ1n) is 5.75. The first kappa shape index (κ1) is 13.0. The molecule has 0 atom stereocenters. The minimum absolute atomic E-state index is 0.0855. The quantitative estimate of drug-likeness (QED) is 0.610. The van der Waals surface area contributed by atoms with Crippen LogP contribution in [-0.4, -0.2) is 18.2 Å². The summed E-state index contributed by atoms with van der Waals surface area (Å²) in [5.41, 5.74) is 1.44. The summed E-state index contributed by atoms with van der Waals surface area (Å²) in [6, 6.07) is 14.0. The number of benzene rings is 2. The Morgan fingerprint density at radius 3 is 2.47 bits per heavy atom. The highest BCUT2D eigenvalue weighted by atomic mass is 19.1. The predicted molar refractivity (Wildman–Crippen MR) is 70.0 cm³/mol. The van der Waals surface area contributed by atoms with Gasteiger partial charge in [-0.1, -0.05) is 36.4 Å². The number of rotatable bonds is 5. The lowest BCUT2D eigenvalue weighted by molar-refractivity contribution is -0.385. The van der Waals surface area contributed by atoms with Crippen LogP contribution in [0.2, 0.25) is 0 Å². The SMILES string of the molecule is O=[N+]([O-])c1cc(-c2ccccc2)ccc1OCCF. The van der Waals surface area contributed by atoms with Gasteiger partial charge in [0.2, 0.25) is 0 Å². The van der Waals surface area contributed by atoms with E-state index in [0.717, 1.165) is 11.1 Å². The zero-order valence-corrected chi connectivity index (χ0v) is 10.1. The molecule has 0 amide bonds. The van der Waals surface area contributed by atoms with Gasteiger partial charge in [-0.2, -0.15) is 0 Å². The van der Waals surface area contributed by atoms with Gasteiger partial charge in [0.15, 0.2) is 5.75 Å². The molecule has 4 nitrogen and oxygen atoms in total. The Hall–Kier alpha value is -2.43. The molecular weight excluding hydrogens is 249 g/mol. The van der Waals surface area contributed by atoms with Crippen molar-refractivity contribution in [1.82, 2.24) is 0 Å². The molecule has 0 N–H and O–H groups in total. The molecule has 0 spiro atoms. The smallest absolute Gasteiger partial charge is 0.311 e. The van der Waals surface area contributed by atoms with E-state index >= 15 is 0 Å². The molecule has 0 aliphatic rings. The maximum absolute atomic E-state index is 12.1. The van der Waals surface area contributed by atoms with Gasteiger partial charge >= 0.3 is 5.69 Å². The highest BCUT2D eigenvalue weighted by Gasteiger charge is 2.16. The first-order valence-corrected chi connectivity index (χ1v) is 5.75. The van der Waals surface area contributed by atoms with Gasteiger partial charge in [0.1, 0.15) is 13.3 Å². The van der Waals surface area contributed by atoms with Crippen LogP contribution in [0.25, 0.3) is 11.1 Å². The van der Waals surface area contributed by atoms with Gasteiger partial charge in [0, 0.05) is 6.07 Å². The third-order valence-electron chi connectivity index (χ3n) is 2.60. The minimum Gasteiger partial charge on any atom is -0.484 e. The standard InChI is InChI=1S/C14H12FNO3/c15-8-9-19-14-7-6-12(10-13(14)16(17)18)11-4-2-1-3-5-11/h1-7,10H,8-9H2. The maximum atomic E-state index is 12.1. The molecule has 0 radical (unpaired) electrons. The molecule has 2 aromatic rings. The molecule has 0 heterocycles. The van der Waals surface area contributed by atoms with Crippen molar-refractivity contribution < 1.29 is 14.1 Å². The molecular formula is C14H12FNO3. The van der Waals surface area contributed by atoms with Gasteiger partial charge < -0.3 is 4.74 Å². The van der Waals surface area contributed by atoms with E-state index in [9.17, 15) is 14.5 Å². The molecule has 2 aromatic carbocycles. The van der Waals surface area contributed by atoms with E-state index in [1.165, 1.54) is 12.1 Å². The van der Waals surface area contributed by atoms with Gasteiger partial charge in [-0.15, -0.1) is 0 Å². The van der Waals surface area contributed by atoms with E-state index in [4.69, 9.17) is 4.74 Å². The number of ether oxygens (including phenoxy) is 1. The topological polar surface area (TPSA) is 52.4 Å². The molecule has 2 rings (SSSR count). The summed E-state index contributed by atoms with van der Waals surface area (Å²) in [6.45, 7) is -0.872. The Bertz CT molecular complexity index is 572. The minimum atomic E-state index is -0.683. The van der Waals surface area contributed by atoms with Crippen LogP contribution in [0.1, 0.15) is 0 Å². The van der Waals surface area contributed by atoms with Crippen molar-refractivity contribution in [2.24, 2.45) is 0 Å². The lowest BCUT2D eigenvalue weighted by Crippen LogP contribution is -2.01. The predicted octanol–water partition coefficient (Wildman–Crippen LogP) is 3.61. The van der Waals surface area contributed by atoms with Crippen LogP contribution >= 0.6 is 0 Å². The van der Waals surface area contributed by atoms with Crippen molar-refractivity contribution in [3.63, 3.8) is 0 Å². The van der Waals surface area contributed by atoms with Crippen LogP contribution in [0.5, 0.6) is 5.75 Å². The van der Waals surface area contributed by atoms with E-state index < -0.39 is 11.6 Å². The monoisotopic (exact) mass is 261 g/mol. The fraction of sp³-hybridized carbons (Fsp3) is 0.143. The van der Waals surface area contributed by atoms with Crippen molar-refractivity contribution >= 4 is 5.69 Å². The zero-order valence-electron chi connectivity index (χ0n) is 10.1. The van der Waals surface area contributed by atoms with E-state index in [0.29, 0.717) is 0 Å². The Balaban J connectivity index is 2.39. The van der Waals surface area contributed by atoms with Crippen molar-refractivity contribution in [3.05, 3.63) is 58.6 Å². The molecule has 0 aromatic heterocycles. The molecule has 0 aliphatic heterocycles. The summed E-state index contributed by atoms with van der Waals surface area (Å²) in [5.74, 6) is 0.0855. The highest BCUT2D eigenvalue weighted by Crippen LogP contribution is 2.32. The third kappa shape index (κ3) is 3.07. The summed E-state index contributed by atoms with van der Waals surface area (Å²) in [4.78, 5) is 10.5. The molecule has 0 bridgehead atoms. The normalized spacial score (nSPS) is 10.2. The second-order valence-electron chi connectivity index (χ2n) is 3.84. The van der Waals surface area contributed by atoms with Crippen LogP contribution in [0.3, 0.4) is 0 Å². The molecule has 0 unspecified atom stereocenters. The third-order valence-corrected chi connectivity index (χ3v) is 2.60. The van der Waals surface area contributed by atoms with Gasteiger partial charge in [-0.3, -0.25) is 10.1 Å². The number of alkyl halides is 1. The number of nitrogens with zero attached hydrogens (tertiary/aromatic N) is 1. The van der Waals surface area contributed by atoms with Gasteiger partial charge in [-0.05, 0) is 17.2 Å². The number of halogens is 1. The molecule has 98 valence electrons. The van der Waals surface area contributed by atoms with Crippen molar-refractivity contribution in [1.29, 1.82) is 0 Å². The zero-order chi connectivity index (χ0) is 13.7. The van der Waals surface area contributed by atoms with Crippen LogP contribution in [0.4, 0.5) is 10.1 Å². The fourth-order valence-electron chi connectivity index (χ4n) is 1.74. The van der Waals surface area contributed by atoms with Gasteiger partial charge in [-0.25, -0.2) is 4.39 Å². The maximum Gasteiger partial charge on any atom is 0.311 e. The van der Waals surface area contributed by atoms with Crippen LogP contribution in [0, 0.1) is 10.1 Å². The van der Waals surface area contributed by atoms with E-state index in [1.54, 1.807) is 6.07 Å². The van der Waals surface area contributed by atoms with E-state index in [1.807, 2.05) is 30.3 Å². The molecule has 0 saturated carbocycles. The number of hydrogen-bond acceptors (Lipinski definition) is 3. The summed E-state index contributed by atoms with van der Waals surface area (Å²) in [6.07, 6.45) is 0. The number of nitro groups is 1. The van der Waals surface area contributed by atoms with Gasteiger partial charge in [0.25, 0.3) is 0 Å². The summed E-state index contributed by atoms with van der Waals surface area (Å²) in [7, 11) is 0.